The zero-order chi connectivity index (χ0) is 29.0. The van der Waals surface area contributed by atoms with E-state index >= 15 is 0 Å². The Morgan fingerprint density at radius 2 is 1.88 bits per heavy atom. The molecule has 0 aromatic heterocycles. The van der Waals surface area contributed by atoms with Crippen molar-refractivity contribution in [3.05, 3.63) is 38.0 Å². The van der Waals surface area contributed by atoms with Gasteiger partial charge in [-0.05, 0) is 90.8 Å². The molecular weight excluding hydrogens is 621 g/mol. The average Bonchev–Trinajstić information content (AvgIpc) is 3.21. The van der Waals surface area contributed by atoms with E-state index in [1.165, 1.54) is 17.6 Å². The SMILES string of the molecule is CCC/C(=C\c1cc(I)c(O)c(OC)c1)CC[C@@H](O)C1=C(CC)C[C@H]2C(=O)N(C3CCCCC3)C(=O)[C@H]2[C@H]1CO. The van der Waals surface area contributed by atoms with Crippen molar-refractivity contribution in [3.63, 3.8) is 0 Å². The second kappa shape index (κ2) is 13.8. The van der Waals surface area contributed by atoms with E-state index in [9.17, 15) is 24.9 Å². The third-order valence-corrected chi connectivity index (χ3v) is 9.91. The molecule has 0 radical (unpaired) electrons. The summed E-state index contributed by atoms with van der Waals surface area (Å²) < 4.78 is 6.03. The van der Waals surface area contributed by atoms with Crippen LogP contribution in [-0.4, -0.2) is 57.9 Å². The number of carbonyl (C=O) groups is 2. The van der Waals surface area contributed by atoms with Gasteiger partial charge in [0.15, 0.2) is 11.5 Å². The second-order valence-corrected chi connectivity index (χ2v) is 12.7. The molecule has 2 amide bonds. The standard InChI is InChI=1S/C32H44INO6/c1-4-9-19(14-20-15-25(33)30(37)27(16-20)40-3)12-13-26(36)28-21(5-2)17-23-29(24(28)18-35)32(39)34(31(23)38)22-10-7-6-8-11-22/h14-16,22-24,26,29,35-37H,4-13,17-18H2,1-3H3/b19-14+/t23-,24+,26-,29-/m1/s1. The van der Waals surface area contributed by atoms with Gasteiger partial charge >= 0.3 is 0 Å². The molecule has 0 bridgehead atoms. The molecule has 1 aromatic carbocycles. The number of aliphatic hydroxyl groups excluding tert-OH is 2. The summed E-state index contributed by atoms with van der Waals surface area (Å²) >= 11 is 2.09. The zero-order valence-electron chi connectivity index (χ0n) is 24.0. The van der Waals surface area contributed by atoms with Crippen molar-refractivity contribution >= 4 is 40.5 Å². The topological polar surface area (TPSA) is 107 Å². The molecule has 2 aliphatic carbocycles. The molecule has 3 aliphatic rings. The number of nitrogens with zero attached hydrogens (tertiary/aromatic N) is 1. The lowest BCUT2D eigenvalue weighted by Gasteiger charge is -2.36. The minimum Gasteiger partial charge on any atom is -0.504 e. The number of benzene rings is 1. The molecule has 2 fully saturated rings. The number of imide groups is 1. The molecule has 40 heavy (non-hydrogen) atoms. The van der Waals surface area contributed by atoms with E-state index in [2.05, 4.69) is 35.6 Å². The lowest BCUT2D eigenvalue weighted by molar-refractivity contribution is -0.143. The van der Waals surface area contributed by atoms with Crippen LogP contribution < -0.4 is 4.74 Å². The number of allylic oxidation sites excluding steroid dienone is 2. The number of halogens is 1. The highest BCUT2D eigenvalue weighted by Gasteiger charge is 2.56. The van der Waals surface area contributed by atoms with Gasteiger partial charge in [0.1, 0.15) is 0 Å². The van der Waals surface area contributed by atoms with Crippen molar-refractivity contribution in [2.24, 2.45) is 17.8 Å². The molecule has 220 valence electrons. The fourth-order valence-corrected chi connectivity index (χ4v) is 7.78. The van der Waals surface area contributed by atoms with Gasteiger partial charge in [0.2, 0.25) is 11.8 Å². The maximum absolute atomic E-state index is 13.7. The first-order valence-electron chi connectivity index (χ1n) is 14.9. The average molecular weight is 666 g/mol. The van der Waals surface area contributed by atoms with E-state index in [4.69, 9.17) is 4.74 Å². The fraction of sp³-hybridized carbons (Fsp3) is 0.625. The van der Waals surface area contributed by atoms with E-state index in [1.54, 1.807) is 0 Å². The van der Waals surface area contributed by atoms with E-state index in [1.807, 2.05) is 19.1 Å². The van der Waals surface area contributed by atoms with Crippen LogP contribution in [0.3, 0.4) is 0 Å². The van der Waals surface area contributed by atoms with Crippen LogP contribution in [0.25, 0.3) is 6.08 Å². The molecular formula is C32H44INO6. The Bertz CT molecular complexity index is 1150. The predicted octanol–water partition coefficient (Wildman–Crippen LogP) is 5.98. The normalized spacial score (nSPS) is 25.0. The molecule has 1 aromatic rings. The monoisotopic (exact) mass is 665 g/mol. The lowest BCUT2D eigenvalue weighted by Crippen LogP contribution is -2.42. The van der Waals surface area contributed by atoms with Crippen LogP contribution >= 0.6 is 22.6 Å². The molecule has 7 nitrogen and oxygen atoms in total. The molecule has 1 saturated heterocycles. The summed E-state index contributed by atoms with van der Waals surface area (Å²) in [6.07, 6.45) is 10.3. The van der Waals surface area contributed by atoms with Gasteiger partial charge < -0.3 is 20.1 Å². The van der Waals surface area contributed by atoms with Crippen molar-refractivity contribution in [2.75, 3.05) is 13.7 Å². The number of hydrogen-bond donors (Lipinski definition) is 3. The van der Waals surface area contributed by atoms with Gasteiger partial charge in [-0.1, -0.05) is 56.8 Å². The molecule has 0 unspecified atom stereocenters. The molecule has 0 spiro atoms. The van der Waals surface area contributed by atoms with Crippen molar-refractivity contribution in [1.82, 2.24) is 4.90 Å². The number of ether oxygens (including phenoxy) is 1. The number of likely N-dealkylation sites (tertiary alicyclic amines) is 1. The Kier molecular flexibility index (Phi) is 10.7. The Morgan fingerprint density at radius 1 is 1.15 bits per heavy atom. The summed E-state index contributed by atoms with van der Waals surface area (Å²) in [4.78, 5) is 28.7. The quantitative estimate of drug-likeness (QED) is 0.153. The number of aromatic hydroxyl groups is 1. The molecule has 3 N–H and O–H groups in total. The van der Waals surface area contributed by atoms with Crippen molar-refractivity contribution in [3.8, 4) is 11.5 Å². The van der Waals surface area contributed by atoms with Gasteiger partial charge in [0.05, 0.1) is 35.2 Å². The highest BCUT2D eigenvalue weighted by molar-refractivity contribution is 14.1. The number of fused-ring (bicyclic) bond motifs is 1. The van der Waals surface area contributed by atoms with Crippen LogP contribution in [0.5, 0.6) is 11.5 Å². The largest absolute Gasteiger partial charge is 0.504 e. The second-order valence-electron chi connectivity index (χ2n) is 11.5. The Morgan fingerprint density at radius 3 is 2.50 bits per heavy atom. The van der Waals surface area contributed by atoms with Gasteiger partial charge in [-0.15, -0.1) is 0 Å². The number of phenolic OH excluding ortho intramolecular Hbond substituents is 1. The van der Waals surface area contributed by atoms with Gasteiger partial charge in [-0.25, -0.2) is 0 Å². The first kappa shape index (κ1) is 31.0. The van der Waals surface area contributed by atoms with E-state index < -0.39 is 23.9 Å². The van der Waals surface area contributed by atoms with Crippen LogP contribution in [0.1, 0.15) is 90.0 Å². The summed E-state index contributed by atoms with van der Waals surface area (Å²) in [7, 11) is 1.53. The number of rotatable bonds is 11. The number of amides is 2. The van der Waals surface area contributed by atoms with E-state index in [0.29, 0.717) is 35.0 Å². The highest BCUT2D eigenvalue weighted by Crippen LogP contribution is 2.48. The molecule has 8 heteroatoms. The van der Waals surface area contributed by atoms with E-state index in [0.717, 1.165) is 61.7 Å². The van der Waals surface area contributed by atoms with Crippen LogP contribution in [-0.2, 0) is 9.59 Å². The third-order valence-electron chi connectivity index (χ3n) is 9.09. The first-order valence-corrected chi connectivity index (χ1v) is 16.0. The first-order chi connectivity index (χ1) is 19.2. The summed E-state index contributed by atoms with van der Waals surface area (Å²) in [5, 5.41) is 32.3. The van der Waals surface area contributed by atoms with Crippen LogP contribution in [0.15, 0.2) is 28.9 Å². The van der Waals surface area contributed by atoms with Gasteiger partial charge in [0, 0.05) is 12.0 Å². The van der Waals surface area contributed by atoms with Gasteiger partial charge in [0.25, 0.3) is 0 Å². The van der Waals surface area contributed by atoms with Crippen LogP contribution in [0.4, 0.5) is 0 Å². The number of aliphatic hydroxyl groups is 2. The van der Waals surface area contributed by atoms with Gasteiger partial charge in [-0.2, -0.15) is 0 Å². The molecule has 4 rings (SSSR count). The molecule has 1 aliphatic heterocycles. The third kappa shape index (κ3) is 6.28. The smallest absolute Gasteiger partial charge is 0.234 e. The number of hydrogen-bond acceptors (Lipinski definition) is 6. The Labute approximate surface area is 251 Å². The molecule has 4 atom stereocenters. The van der Waals surface area contributed by atoms with Crippen LogP contribution in [0, 0.1) is 21.3 Å². The van der Waals surface area contributed by atoms with Crippen molar-refractivity contribution in [2.45, 2.75) is 96.6 Å². The minimum atomic E-state index is -0.797. The summed E-state index contributed by atoms with van der Waals surface area (Å²) in [6.45, 7) is 3.89. The predicted molar refractivity (Wildman–Crippen MR) is 164 cm³/mol. The summed E-state index contributed by atoms with van der Waals surface area (Å²) in [5.74, 6) is -1.23. The number of phenols is 1. The fourth-order valence-electron chi connectivity index (χ4n) is 7.16. The number of carbonyl (C=O) groups excluding carboxylic acids is 2. The molecule has 1 saturated carbocycles. The van der Waals surface area contributed by atoms with Gasteiger partial charge in [-0.3, -0.25) is 14.5 Å². The minimum absolute atomic E-state index is 0.0273. The highest BCUT2D eigenvalue weighted by atomic mass is 127. The summed E-state index contributed by atoms with van der Waals surface area (Å²) in [6, 6.07) is 3.69. The lowest BCUT2D eigenvalue weighted by atomic mass is 9.67. The summed E-state index contributed by atoms with van der Waals surface area (Å²) in [5.41, 5.74) is 3.89. The van der Waals surface area contributed by atoms with Crippen molar-refractivity contribution < 1.29 is 29.6 Å². The van der Waals surface area contributed by atoms with Crippen LogP contribution in [0.2, 0.25) is 0 Å². The Balaban J connectivity index is 1.56. The maximum atomic E-state index is 13.7. The zero-order valence-corrected chi connectivity index (χ0v) is 26.2. The molecule has 1 heterocycles. The maximum Gasteiger partial charge on any atom is 0.234 e. The van der Waals surface area contributed by atoms with Crippen molar-refractivity contribution in [1.29, 1.82) is 0 Å². The number of methoxy groups -OCH3 is 1. The Hall–Kier alpha value is -1.91. The van der Waals surface area contributed by atoms with E-state index in [-0.39, 0.29) is 30.2 Å².